The molecule has 4 nitrogen and oxygen atoms in total. The number of benzene rings is 1. The van der Waals surface area contributed by atoms with Gasteiger partial charge in [-0.25, -0.2) is 4.79 Å². The molecule has 0 saturated heterocycles. The number of hydrogen-bond acceptors (Lipinski definition) is 4. The van der Waals surface area contributed by atoms with Gasteiger partial charge in [-0.1, -0.05) is 6.07 Å². The summed E-state index contributed by atoms with van der Waals surface area (Å²) in [7, 11) is 1.71. The van der Waals surface area contributed by atoms with Crippen LogP contribution in [0.3, 0.4) is 0 Å². The van der Waals surface area contributed by atoms with Crippen molar-refractivity contribution in [3.8, 4) is 0 Å². The van der Waals surface area contributed by atoms with Gasteiger partial charge in [-0.2, -0.15) is 11.3 Å². The van der Waals surface area contributed by atoms with Gasteiger partial charge in [-0.05, 0) is 40.1 Å². The van der Waals surface area contributed by atoms with E-state index in [0.717, 1.165) is 24.2 Å². The molecular weight excluding hydrogens is 260 g/mol. The first-order valence-electron chi connectivity index (χ1n) is 6.04. The first-order chi connectivity index (χ1) is 9.24. The molecule has 0 bridgehead atoms. The van der Waals surface area contributed by atoms with E-state index < -0.39 is 0 Å². The lowest BCUT2D eigenvalue weighted by atomic mass is 10.2. The van der Waals surface area contributed by atoms with E-state index in [9.17, 15) is 4.79 Å². The molecule has 5 heteroatoms. The quantitative estimate of drug-likeness (QED) is 0.795. The van der Waals surface area contributed by atoms with Gasteiger partial charge in [-0.15, -0.1) is 0 Å². The Morgan fingerprint density at radius 3 is 2.89 bits per heavy atom. The molecule has 0 radical (unpaired) electrons. The van der Waals surface area contributed by atoms with Crippen LogP contribution in [0.15, 0.2) is 44.2 Å². The summed E-state index contributed by atoms with van der Waals surface area (Å²) in [6.07, 6.45) is 0. The van der Waals surface area contributed by atoms with Gasteiger partial charge in [0.2, 0.25) is 0 Å². The number of aryl methyl sites for hydroxylation is 1. The fourth-order valence-electron chi connectivity index (χ4n) is 2.03. The van der Waals surface area contributed by atoms with Crippen molar-refractivity contribution in [2.24, 2.45) is 7.05 Å². The average molecular weight is 274 g/mol. The van der Waals surface area contributed by atoms with Crippen LogP contribution in [0.4, 0.5) is 0 Å². The second-order valence-corrected chi connectivity index (χ2v) is 5.24. The predicted octanol–water partition coefficient (Wildman–Crippen LogP) is 2.48. The van der Waals surface area contributed by atoms with Gasteiger partial charge in [0.05, 0.1) is 5.52 Å². The number of hydrogen-bond donors (Lipinski definition) is 1. The lowest BCUT2D eigenvalue weighted by Gasteiger charge is -2.03. The highest BCUT2D eigenvalue weighted by atomic mass is 32.1. The molecule has 0 unspecified atom stereocenters. The Labute approximate surface area is 114 Å². The molecule has 0 atom stereocenters. The van der Waals surface area contributed by atoms with E-state index in [4.69, 9.17) is 4.42 Å². The lowest BCUT2D eigenvalue weighted by Crippen LogP contribution is -2.12. The van der Waals surface area contributed by atoms with Gasteiger partial charge >= 0.3 is 5.76 Å². The maximum atomic E-state index is 11.4. The summed E-state index contributed by atoms with van der Waals surface area (Å²) in [6, 6.07) is 7.95. The SMILES string of the molecule is Cn1c(=O)oc2cc(CNCc3ccsc3)ccc21. The normalized spacial score (nSPS) is 11.2. The van der Waals surface area contributed by atoms with Crippen LogP contribution in [-0.4, -0.2) is 4.57 Å². The average Bonchev–Trinajstić information content (AvgIpc) is 3.00. The molecule has 0 spiro atoms. The zero-order valence-corrected chi connectivity index (χ0v) is 11.4. The van der Waals surface area contributed by atoms with Gasteiger partial charge in [0.25, 0.3) is 0 Å². The van der Waals surface area contributed by atoms with Crippen LogP contribution >= 0.6 is 11.3 Å². The summed E-state index contributed by atoms with van der Waals surface area (Å²) in [5.41, 5.74) is 3.86. The minimum absolute atomic E-state index is 0.321. The van der Waals surface area contributed by atoms with E-state index in [1.54, 1.807) is 18.4 Å². The molecule has 1 aromatic carbocycles. The van der Waals surface area contributed by atoms with Crippen LogP contribution < -0.4 is 11.1 Å². The molecule has 0 amide bonds. The highest BCUT2D eigenvalue weighted by molar-refractivity contribution is 7.07. The number of aromatic nitrogens is 1. The first kappa shape index (κ1) is 12.2. The minimum Gasteiger partial charge on any atom is -0.408 e. The Hall–Kier alpha value is -1.85. The number of oxazole rings is 1. The number of nitrogens with one attached hydrogen (secondary N) is 1. The van der Waals surface area contributed by atoms with Crippen molar-refractivity contribution in [2.75, 3.05) is 0 Å². The van der Waals surface area contributed by atoms with E-state index in [1.807, 2.05) is 18.2 Å². The van der Waals surface area contributed by atoms with Crippen molar-refractivity contribution in [3.63, 3.8) is 0 Å². The number of thiophene rings is 1. The molecule has 0 aliphatic heterocycles. The van der Waals surface area contributed by atoms with Gasteiger partial charge in [0.1, 0.15) is 0 Å². The molecule has 1 N–H and O–H groups in total. The Bertz CT molecular complexity index is 740. The van der Waals surface area contributed by atoms with Crippen molar-refractivity contribution in [3.05, 3.63) is 56.7 Å². The number of fused-ring (bicyclic) bond motifs is 1. The van der Waals surface area contributed by atoms with Crippen molar-refractivity contribution in [1.29, 1.82) is 0 Å². The summed E-state index contributed by atoms with van der Waals surface area (Å²) in [5, 5.41) is 7.57. The van der Waals surface area contributed by atoms with E-state index >= 15 is 0 Å². The van der Waals surface area contributed by atoms with Crippen LogP contribution in [0.25, 0.3) is 11.1 Å². The fourth-order valence-corrected chi connectivity index (χ4v) is 2.70. The van der Waals surface area contributed by atoms with Crippen molar-refractivity contribution < 1.29 is 4.42 Å². The zero-order chi connectivity index (χ0) is 13.2. The number of rotatable bonds is 4. The largest absolute Gasteiger partial charge is 0.419 e. The van der Waals surface area contributed by atoms with Crippen LogP contribution in [0.2, 0.25) is 0 Å². The summed E-state index contributed by atoms with van der Waals surface area (Å²) >= 11 is 1.70. The Morgan fingerprint density at radius 1 is 1.26 bits per heavy atom. The van der Waals surface area contributed by atoms with Crippen LogP contribution in [0.5, 0.6) is 0 Å². The Balaban J connectivity index is 1.73. The van der Waals surface area contributed by atoms with E-state index in [1.165, 1.54) is 10.1 Å². The molecule has 19 heavy (non-hydrogen) atoms. The Kier molecular flexibility index (Phi) is 3.23. The molecule has 2 aromatic heterocycles. The van der Waals surface area contributed by atoms with Crippen LogP contribution in [0, 0.1) is 0 Å². The minimum atomic E-state index is -0.321. The molecule has 0 aliphatic rings. The monoisotopic (exact) mass is 274 g/mol. The Morgan fingerprint density at radius 2 is 2.11 bits per heavy atom. The molecule has 2 heterocycles. The summed E-state index contributed by atoms with van der Waals surface area (Å²) in [4.78, 5) is 11.4. The van der Waals surface area contributed by atoms with E-state index in [0.29, 0.717) is 5.58 Å². The molecule has 0 saturated carbocycles. The second kappa shape index (κ2) is 5.03. The second-order valence-electron chi connectivity index (χ2n) is 4.46. The third kappa shape index (κ3) is 2.47. The number of nitrogens with zero attached hydrogens (tertiary/aromatic N) is 1. The highest BCUT2D eigenvalue weighted by Gasteiger charge is 2.06. The lowest BCUT2D eigenvalue weighted by molar-refractivity contribution is 0.527. The first-order valence-corrected chi connectivity index (χ1v) is 6.98. The predicted molar refractivity (Wildman–Crippen MR) is 76.3 cm³/mol. The maximum absolute atomic E-state index is 11.4. The topological polar surface area (TPSA) is 47.2 Å². The van der Waals surface area contributed by atoms with Crippen LogP contribution in [-0.2, 0) is 20.1 Å². The third-order valence-corrected chi connectivity index (χ3v) is 3.83. The summed E-state index contributed by atoms with van der Waals surface area (Å²) in [5.74, 6) is -0.321. The van der Waals surface area contributed by atoms with Gasteiger partial charge < -0.3 is 9.73 Å². The van der Waals surface area contributed by atoms with Crippen molar-refractivity contribution in [2.45, 2.75) is 13.1 Å². The maximum Gasteiger partial charge on any atom is 0.419 e. The highest BCUT2D eigenvalue weighted by Crippen LogP contribution is 2.14. The molecule has 3 rings (SSSR count). The van der Waals surface area contributed by atoms with E-state index in [2.05, 4.69) is 22.1 Å². The standard InChI is InChI=1S/C14H14N2O2S/c1-16-12-3-2-10(6-13(12)18-14(16)17)7-15-8-11-4-5-19-9-11/h2-6,9,15H,7-8H2,1H3. The summed E-state index contributed by atoms with van der Waals surface area (Å²) in [6.45, 7) is 1.60. The van der Waals surface area contributed by atoms with Gasteiger partial charge in [0.15, 0.2) is 5.58 Å². The smallest absolute Gasteiger partial charge is 0.408 e. The van der Waals surface area contributed by atoms with Crippen molar-refractivity contribution >= 4 is 22.4 Å². The van der Waals surface area contributed by atoms with Crippen molar-refractivity contribution in [1.82, 2.24) is 9.88 Å². The molecular formula is C14H14N2O2S. The third-order valence-electron chi connectivity index (χ3n) is 3.10. The zero-order valence-electron chi connectivity index (χ0n) is 10.6. The fraction of sp³-hybridized carbons (Fsp3) is 0.214. The summed E-state index contributed by atoms with van der Waals surface area (Å²) < 4.78 is 6.68. The molecule has 0 aliphatic carbocycles. The molecule has 0 fully saturated rings. The van der Waals surface area contributed by atoms with Gasteiger partial charge in [-0.3, -0.25) is 4.57 Å². The van der Waals surface area contributed by atoms with E-state index in [-0.39, 0.29) is 5.76 Å². The molecule has 3 aromatic rings. The van der Waals surface area contributed by atoms with Crippen LogP contribution in [0.1, 0.15) is 11.1 Å². The molecule has 98 valence electrons. The van der Waals surface area contributed by atoms with Gasteiger partial charge in [0, 0.05) is 20.1 Å².